The second-order valence-electron chi connectivity index (χ2n) is 3.71. The van der Waals surface area contributed by atoms with Crippen molar-refractivity contribution in [2.45, 2.75) is 27.7 Å². The van der Waals surface area contributed by atoms with Gasteiger partial charge in [0.05, 0.1) is 0 Å². The summed E-state index contributed by atoms with van der Waals surface area (Å²) in [7, 11) is 4.20. The van der Waals surface area contributed by atoms with E-state index in [9.17, 15) is 0 Å². The Balaban J connectivity index is 0. The molecule has 0 saturated carbocycles. The third kappa shape index (κ3) is 9.88. The van der Waals surface area contributed by atoms with E-state index < -0.39 is 0 Å². The molecule has 0 aliphatic carbocycles. The molecule has 0 radical (unpaired) electrons. The highest BCUT2D eigenvalue weighted by atomic mass is 15.2. The summed E-state index contributed by atoms with van der Waals surface area (Å²) in [6.45, 7) is 15.1. The lowest BCUT2D eigenvalue weighted by Gasteiger charge is -2.25. The molecule has 0 aromatic carbocycles. The molecule has 100 valence electrons. The summed E-state index contributed by atoms with van der Waals surface area (Å²) in [6, 6.07) is 0. The van der Waals surface area contributed by atoms with Gasteiger partial charge in [-0.05, 0) is 40.1 Å². The van der Waals surface area contributed by atoms with Crippen LogP contribution < -0.4 is 0 Å². The quantitative estimate of drug-likeness (QED) is 0.626. The highest BCUT2D eigenvalue weighted by Crippen LogP contribution is 2.06. The summed E-state index contributed by atoms with van der Waals surface area (Å²) in [5, 5.41) is 0. The van der Waals surface area contributed by atoms with Crippen molar-refractivity contribution in [1.82, 2.24) is 9.80 Å². The molecule has 0 rings (SSSR count). The van der Waals surface area contributed by atoms with Gasteiger partial charge in [-0.2, -0.15) is 0 Å². The molecular weight excluding hydrogens is 208 g/mol. The lowest BCUT2D eigenvalue weighted by atomic mass is 10.3. The molecule has 0 aliphatic rings. The predicted molar refractivity (Wildman–Crippen MR) is 80.2 cm³/mol. The average Bonchev–Trinajstić information content (AvgIpc) is 2.32. The number of rotatable bonds is 7. The highest BCUT2D eigenvalue weighted by Gasteiger charge is 2.03. The van der Waals surface area contributed by atoms with Crippen molar-refractivity contribution in [2.24, 2.45) is 0 Å². The van der Waals surface area contributed by atoms with Gasteiger partial charge in [0, 0.05) is 25.3 Å². The van der Waals surface area contributed by atoms with Crippen LogP contribution in [0.15, 0.2) is 36.6 Å². The minimum atomic E-state index is 1.03. The Morgan fingerprint density at radius 1 is 1.18 bits per heavy atom. The minimum Gasteiger partial charge on any atom is -0.371 e. The molecule has 17 heavy (non-hydrogen) atoms. The lowest BCUT2D eigenvalue weighted by Crippen LogP contribution is -2.30. The fourth-order valence-corrected chi connectivity index (χ4v) is 1.35. The first-order valence-electron chi connectivity index (χ1n) is 6.50. The monoisotopic (exact) mass is 238 g/mol. The van der Waals surface area contributed by atoms with Crippen molar-refractivity contribution in [1.29, 1.82) is 0 Å². The molecule has 2 heteroatoms. The van der Waals surface area contributed by atoms with E-state index in [1.165, 1.54) is 5.70 Å². The third-order valence-corrected chi connectivity index (χ3v) is 2.19. The van der Waals surface area contributed by atoms with Crippen LogP contribution in [0.25, 0.3) is 0 Å². The van der Waals surface area contributed by atoms with Crippen molar-refractivity contribution in [3.8, 4) is 0 Å². The highest BCUT2D eigenvalue weighted by molar-refractivity contribution is 5.21. The molecule has 0 spiro atoms. The van der Waals surface area contributed by atoms with Crippen LogP contribution in [-0.2, 0) is 0 Å². The maximum Gasteiger partial charge on any atom is 0.0363 e. The summed E-state index contributed by atoms with van der Waals surface area (Å²) in [6.07, 6.45) is 8.08. The zero-order valence-electron chi connectivity index (χ0n) is 12.5. The van der Waals surface area contributed by atoms with Gasteiger partial charge in [0.2, 0.25) is 0 Å². The van der Waals surface area contributed by atoms with E-state index in [-0.39, 0.29) is 0 Å². The van der Waals surface area contributed by atoms with Crippen molar-refractivity contribution in [3.05, 3.63) is 36.6 Å². The molecule has 2 nitrogen and oxygen atoms in total. The SMILES string of the molecule is C=C/C=C(\C=C/C)N(CC)CCN(C)C.CC. The van der Waals surface area contributed by atoms with Crippen molar-refractivity contribution in [3.63, 3.8) is 0 Å². The molecule has 0 atom stereocenters. The second-order valence-corrected chi connectivity index (χ2v) is 3.71. The molecule has 0 heterocycles. The number of hydrogen-bond donors (Lipinski definition) is 0. The topological polar surface area (TPSA) is 6.48 Å². The van der Waals surface area contributed by atoms with Crippen LogP contribution in [0.1, 0.15) is 27.7 Å². The molecule has 0 aromatic heterocycles. The normalized spacial score (nSPS) is 11.4. The fraction of sp³-hybridized carbons (Fsp3) is 0.600. The molecule has 0 bridgehead atoms. The molecule has 0 aliphatic heterocycles. The Bertz CT molecular complexity index is 227. The van der Waals surface area contributed by atoms with Gasteiger partial charge < -0.3 is 9.80 Å². The number of allylic oxidation sites excluding steroid dienone is 4. The number of nitrogens with zero attached hydrogens (tertiary/aromatic N) is 2. The zero-order valence-corrected chi connectivity index (χ0v) is 12.5. The van der Waals surface area contributed by atoms with Crippen LogP contribution in [0.5, 0.6) is 0 Å². The zero-order chi connectivity index (χ0) is 13.7. The smallest absolute Gasteiger partial charge is 0.0363 e. The maximum absolute atomic E-state index is 3.75. The fourth-order valence-electron chi connectivity index (χ4n) is 1.35. The summed E-state index contributed by atoms with van der Waals surface area (Å²) >= 11 is 0. The van der Waals surface area contributed by atoms with Crippen molar-refractivity contribution < 1.29 is 0 Å². The first-order chi connectivity index (χ1) is 8.15. The van der Waals surface area contributed by atoms with E-state index in [0.29, 0.717) is 0 Å². The molecule has 0 amide bonds. The molecular formula is C15H30N2. The Morgan fingerprint density at radius 2 is 1.76 bits per heavy atom. The minimum absolute atomic E-state index is 1.03. The molecule has 0 saturated heterocycles. The standard InChI is InChI=1S/C13H24N2.C2H6/c1-6-9-13(10-7-2)15(8-3)12-11-14(4)5;1-2/h6-7,9-10H,1,8,11-12H2,2-5H3;1-2H3/b10-7-,13-9+;. The van der Waals surface area contributed by atoms with Crippen molar-refractivity contribution in [2.75, 3.05) is 33.7 Å². The second kappa shape index (κ2) is 13.0. The van der Waals surface area contributed by atoms with Crippen LogP contribution >= 0.6 is 0 Å². The summed E-state index contributed by atoms with van der Waals surface area (Å²) < 4.78 is 0. The van der Waals surface area contributed by atoms with E-state index in [0.717, 1.165) is 19.6 Å². The van der Waals surface area contributed by atoms with Gasteiger partial charge in [-0.3, -0.25) is 0 Å². The van der Waals surface area contributed by atoms with E-state index in [2.05, 4.69) is 55.6 Å². The van der Waals surface area contributed by atoms with Crippen LogP contribution in [-0.4, -0.2) is 43.5 Å². The van der Waals surface area contributed by atoms with E-state index >= 15 is 0 Å². The van der Waals surface area contributed by atoms with Gasteiger partial charge in [-0.25, -0.2) is 0 Å². The predicted octanol–water partition coefficient (Wildman–Crippen LogP) is 3.54. The van der Waals surface area contributed by atoms with E-state index in [4.69, 9.17) is 0 Å². The summed E-state index contributed by atoms with van der Waals surface area (Å²) in [4.78, 5) is 4.55. The van der Waals surface area contributed by atoms with E-state index in [1.54, 1.807) is 0 Å². The average molecular weight is 238 g/mol. The molecule has 0 N–H and O–H groups in total. The van der Waals surface area contributed by atoms with Crippen LogP contribution in [0, 0.1) is 0 Å². The van der Waals surface area contributed by atoms with Crippen molar-refractivity contribution >= 4 is 0 Å². The molecule has 0 fully saturated rings. The third-order valence-electron chi connectivity index (χ3n) is 2.19. The van der Waals surface area contributed by atoms with Gasteiger partial charge >= 0.3 is 0 Å². The molecule has 0 aromatic rings. The Hall–Kier alpha value is -1.02. The summed E-state index contributed by atoms with van der Waals surface area (Å²) in [5.74, 6) is 0. The lowest BCUT2D eigenvalue weighted by molar-refractivity contribution is 0.305. The van der Waals surface area contributed by atoms with Crippen LogP contribution in [0.3, 0.4) is 0 Å². The molecule has 0 unspecified atom stereocenters. The van der Waals surface area contributed by atoms with Gasteiger partial charge in [-0.15, -0.1) is 0 Å². The number of hydrogen-bond acceptors (Lipinski definition) is 2. The first kappa shape index (κ1) is 18.3. The Morgan fingerprint density at radius 3 is 2.12 bits per heavy atom. The van der Waals surface area contributed by atoms with E-state index in [1.807, 2.05) is 26.8 Å². The Labute approximate surface area is 108 Å². The number of likely N-dealkylation sites (N-methyl/N-ethyl adjacent to an activating group) is 2. The van der Waals surface area contributed by atoms with Gasteiger partial charge in [0.1, 0.15) is 0 Å². The first-order valence-corrected chi connectivity index (χ1v) is 6.50. The van der Waals surface area contributed by atoms with Crippen LogP contribution in [0.4, 0.5) is 0 Å². The van der Waals surface area contributed by atoms with Crippen LogP contribution in [0.2, 0.25) is 0 Å². The summed E-state index contributed by atoms with van der Waals surface area (Å²) in [5.41, 5.74) is 1.23. The van der Waals surface area contributed by atoms with Gasteiger partial charge in [0.15, 0.2) is 0 Å². The maximum atomic E-state index is 3.75. The Kier molecular flexibility index (Phi) is 14.1. The van der Waals surface area contributed by atoms with Gasteiger partial charge in [-0.1, -0.05) is 32.6 Å². The largest absolute Gasteiger partial charge is 0.371 e. The van der Waals surface area contributed by atoms with Gasteiger partial charge in [0.25, 0.3) is 0 Å².